The molecular weight excluding hydrogens is 400 g/mol. The lowest BCUT2D eigenvalue weighted by Gasteiger charge is -2.15. The van der Waals surface area contributed by atoms with E-state index in [1.165, 1.54) is 12.1 Å². The average molecular weight is 425 g/mol. The molecule has 3 rings (SSSR count). The molecule has 6 nitrogen and oxygen atoms in total. The molecule has 0 saturated heterocycles. The van der Waals surface area contributed by atoms with E-state index >= 15 is 0 Å². The van der Waals surface area contributed by atoms with Gasteiger partial charge in [0.25, 0.3) is 15.9 Å². The number of hydrogen-bond acceptors (Lipinski definition) is 4. The highest BCUT2D eigenvalue weighted by molar-refractivity contribution is 7.92. The van der Waals surface area contributed by atoms with Gasteiger partial charge in [-0.25, -0.2) is 8.42 Å². The zero-order valence-electron chi connectivity index (χ0n) is 17.0. The molecule has 0 aromatic heterocycles. The number of carbonyl (C=O) groups excluding carboxylic acids is 1. The van der Waals surface area contributed by atoms with Crippen LogP contribution in [0.25, 0.3) is 0 Å². The van der Waals surface area contributed by atoms with E-state index in [0.717, 1.165) is 11.1 Å². The fourth-order valence-electron chi connectivity index (χ4n) is 2.73. The van der Waals surface area contributed by atoms with E-state index < -0.39 is 16.1 Å². The summed E-state index contributed by atoms with van der Waals surface area (Å²) in [5.41, 5.74) is 2.94. The number of carbonyl (C=O) groups is 1. The number of hydrogen-bond donors (Lipinski definition) is 2. The molecule has 0 radical (unpaired) electrons. The normalized spacial score (nSPS) is 12.1. The monoisotopic (exact) mass is 424 g/mol. The van der Waals surface area contributed by atoms with Crippen LogP contribution in [-0.4, -0.2) is 20.4 Å². The number of amides is 1. The second-order valence-corrected chi connectivity index (χ2v) is 8.69. The smallest absolute Gasteiger partial charge is 0.265 e. The molecular formula is C23H24N2O4S. The first kappa shape index (κ1) is 21.4. The van der Waals surface area contributed by atoms with Crippen molar-refractivity contribution in [2.24, 2.45) is 0 Å². The van der Waals surface area contributed by atoms with Crippen molar-refractivity contribution in [2.45, 2.75) is 31.8 Å². The molecule has 0 unspecified atom stereocenters. The third-order valence-corrected chi connectivity index (χ3v) is 5.91. The first-order valence-electron chi connectivity index (χ1n) is 9.47. The van der Waals surface area contributed by atoms with Gasteiger partial charge >= 0.3 is 0 Å². The summed E-state index contributed by atoms with van der Waals surface area (Å²) in [6.07, 6.45) is -0.709. The van der Waals surface area contributed by atoms with Gasteiger partial charge < -0.3 is 10.1 Å². The summed E-state index contributed by atoms with van der Waals surface area (Å²) in [7, 11) is -3.73. The lowest BCUT2D eigenvalue weighted by atomic mass is 10.2. The molecule has 0 fully saturated rings. The van der Waals surface area contributed by atoms with Gasteiger partial charge in [-0.05, 0) is 68.8 Å². The summed E-state index contributed by atoms with van der Waals surface area (Å²) >= 11 is 0. The van der Waals surface area contributed by atoms with Crippen LogP contribution in [0.5, 0.6) is 5.75 Å². The highest BCUT2D eigenvalue weighted by atomic mass is 32.2. The Morgan fingerprint density at radius 1 is 0.900 bits per heavy atom. The molecule has 0 aliphatic carbocycles. The van der Waals surface area contributed by atoms with Crippen molar-refractivity contribution in [1.29, 1.82) is 0 Å². The third kappa shape index (κ3) is 5.39. The summed E-state index contributed by atoms with van der Waals surface area (Å²) in [6, 6.07) is 20.6. The van der Waals surface area contributed by atoms with Gasteiger partial charge in [0.2, 0.25) is 0 Å². The molecule has 0 spiro atoms. The van der Waals surface area contributed by atoms with Crippen molar-refractivity contribution in [1.82, 2.24) is 0 Å². The topological polar surface area (TPSA) is 84.5 Å². The fraction of sp³-hybridized carbons (Fsp3) is 0.174. The maximum absolute atomic E-state index is 12.6. The Kier molecular flexibility index (Phi) is 6.42. The Labute approximate surface area is 177 Å². The van der Waals surface area contributed by atoms with Crippen LogP contribution in [0, 0.1) is 13.8 Å². The largest absolute Gasteiger partial charge is 0.481 e. The predicted molar refractivity (Wildman–Crippen MR) is 118 cm³/mol. The summed E-state index contributed by atoms with van der Waals surface area (Å²) in [5, 5.41) is 2.73. The number of rotatable bonds is 7. The summed E-state index contributed by atoms with van der Waals surface area (Å²) in [6.45, 7) is 5.46. The van der Waals surface area contributed by atoms with Gasteiger partial charge in [0.15, 0.2) is 6.10 Å². The highest BCUT2D eigenvalue weighted by Gasteiger charge is 2.17. The average Bonchev–Trinajstić information content (AvgIpc) is 2.71. The van der Waals surface area contributed by atoms with E-state index in [-0.39, 0.29) is 10.8 Å². The molecule has 1 amide bonds. The minimum atomic E-state index is -3.73. The zero-order chi connectivity index (χ0) is 21.7. The predicted octanol–water partition coefficient (Wildman–Crippen LogP) is 4.51. The number of ether oxygens (including phenoxy) is 1. The second-order valence-electron chi connectivity index (χ2n) is 7.01. The van der Waals surface area contributed by atoms with Crippen molar-refractivity contribution in [3.63, 3.8) is 0 Å². The zero-order valence-corrected chi connectivity index (χ0v) is 17.9. The van der Waals surface area contributed by atoms with Gasteiger partial charge in [0, 0.05) is 5.69 Å². The Bertz CT molecular complexity index is 1120. The molecule has 0 saturated carbocycles. The second kappa shape index (κ2) is 9.00. The van der Waals surface area contributed by atoms with Crippen LogP contribution in [0.3, 0.4) is 0 Å². The van der Waals surface area contributed by atoms with Gasteiger partial charge in [-0.15, -0.1) is 0 Å². The van der Waals surface area contributed by atoms with E-state index in [2.05, 4.69) is 10.0 Å². The van der Waals surface area contributed by atoms with Crippen LogP contribution in [0.4, 0.5) is 11.4 Å². The van der Waals surface area contributed by atoms with E-state index in [4.69, 9.17) is 4.74 Å². The molecule has 0 heterocycles. The number of sulfonamides is 1. The molecule has 0 bridgehead atoms. The van der Waals surface area contributed by atoms with E-state index in [0.29, 0.717) is 17.1 Å². The van der Waals surface area contributed by atoms with Crippen LogP contribution in [0.1, 0.15) is 18.1 Å². The Morgan fingerprint density at radius 2 is 1.53 bits per heavy atom. The van der Waals surface area contributed by atoms with Crippen molar-refractivity contribution in [3.8, 4) is 5.75 Å². The van der Waals surface area contributed by atoms with Gasteiger partial charge in [0.05, 0.1) is 10.6 Å². The number of nitrogens with one attached hydrogen (secondary N) is 2. The molecule has 7 heteroatoms. The standard InChI is InChI=1S/C23H24N2O4S/c1-16-8-12-20(13-9-16)29-18(3)23(26)24-19-10-14-21(15-11-19)30(27,28)25-22-7-5-4-6-17(22)2/h4-15,18,25H,1-3H3,(H,24,26)/t18-/m1/s1. The summed E-state index contributed by atoms with van der Waals surface area (Å²) < 4.78 is 33.4. The Balaban J connectivity index is 1.64. The first-order chi connectivity index (χ1) is 14.2. The van der Waals surface area contributed by atoms with E-state index in [1.54, 1.807) is 43.3 Å². The summed E-state index contributed by atoms with van der Waals surface area (Å²) in [5.74, 6) is 0.274. The lowest BCUT2D eigenvalue weighted by molar-refractivity contribution is -0.122. The molecule has 3 aromatic carbocycles. The highest BCUT2D eigenvalue weighted by Crippen LogP contribution is 2.21. The number of anilines is 2. The van der Waals surface area contributed by atoms with Crippen LogP contribution >= 0.6 is 0 Å². The molecule has 156 valence electrons. The first-order valence-corrected chi connectivity index (χ1v) is 11.0. The Morgan fingerprint density at radius 3 is 2.17 bits per heavy atom. The SMILES string of the molecule is Cc1ccc(O[C@H](C)C(=O)Nc2ccc(S(=O)(=O)Nc3ccccc3C)cc2)cc1. The quantitative estimate of drug-likeness (QED) is 0.584. The van der Waals surface area contributed by atoms with Gasteiger partial charge in [0.1, 0.15) is 5.75 Å². The maximum Gasteiger partial charge on any atom is 0.265 e. The molecule has 2 N–H and O–H groups in total. The van der Waals surface area contributed by atoms with Gasteiger partial charge in [-0.1, -0.05) is 35.9 Å². The molecule has 3 aromatic rings. The summed E-state index contributed by atoms with van der Waals surface area (Å²) in [4.78, 5) is 12.5. The van der Waals surface area contributed by atoms with Gasteiger partial charge in [-0.3, -0.25) is 9.52 Å². The van der Waals surface area contributed by atoms with Crippen molar-refractivity contribution in [2.75, 3.05) is 10.0 Å². The van der Waals surface area contributed by atoms with Crippen molar-refractivity contribution < 1.29 is 17.9 Å². The maximum atomic E-state index is 12.6. The van der Waals surface area contributed by atoms with Crippen molar-refractivity contribution >= 4 is 27.3 Å². The van der Waals surface area contributed by atoms with E-state index in [9.17, 15) is 13.2 Å². The Hall–Kier alpha value is -3.32. The van der Waals surface area contributed by atoms with Crippen LogP contribution in [0.2, 0.25) is 0 Å². The number of para-hydroxylation sites is 1. The molecule has 30 heavy (non-hydrogen) atoms. The minimum Gasteiger partial charge on any atom is -0.481 e. The minimum absolute atomic E-state index is 0.104. The molecule has 0 aliphatic rings. The van der Waals surface area contributed by atoms with Crippen LogP contribution in [0.15, 0.2) is 77.7 Å². The molecule has 0 aliphatic heterocycles. The third-order valence-electron chi connectivity index (χ3n) is 4.52. The van der Waals surface area contributed by atoms with Gasteiger partial charge in [-0.2, -0.15) is 0 Å². The fourth-order valence-corrected chi connectivity index (χ4v) is 3.86. The van der Waals surface area contributed by atoms with E-state index in [1.807, 2.05) is 38.1 Å². The number of aryl methyl sites for hydroxylation is 2. The lowest BCUT2D eigenvalue weighted by Crippen LogP contribution is -2.30. The van der Waals surface area contributed by atoms with Crippen molar-refractivity contribution in [3.05, 3.63) is 83.9 Å². The molecule has 1 atom stereocenters. The number of benzene rings is 3. The van der Waals surface area contributed by atoms with Crippen LogP contribution < -0.4 is 14.8 Å². The van der Waals surface area contributed by atoms with Crippen LogP contribution in [-0.2, 0) is 14.8 Å².